The van der Waals surface area contributed by atoms with E-state index in [9.17, 15) is 4.79 Å². The van der Waals surface area contributed by atoms with Crippen LogP contribution in [0.1, 0.15) is 0 Å². The van der Waals surface area contributed by atoms with Crippen LogP contribution in [0.25, 0.3) is 20.3 Å². The van der Waals surface area contributed by atoms with E-state index in [0.717, 1.165) is 25.1 Å². The summed E-state index contributed by atoms with van der Waals surface area (Å²) in [6, 6.07) is 3.78. The molecular formula is C11H7BrN2O2S. The summed E-state index contributed by atoms with van der Waals surface area (Å²) in [5.74, 6) is 0.741. The van der Waals surface area contributed by atoms with E-state index >= 15 is 0 Å². The first kappa shape index (κ1) is 10.7. The summed E-state index contributed by atoms with van der Waals surface area (Å²) in [4.78, 5) is 19.3. The molecule has 0 aliphatic heterocycles. The Bertz CT molecular complexity index is 778. The Kier molecular flexibility index (Phi) is 2.41. The maximum Gasteiger partial charge on any atom is 0.260 e. The van der Waals surface area contributed by atoms with Crippen LogP contribution in [0.4, 0.5) is 0 Å². The molecule has 0 spiro atoms. The van der Waals surface area contributed by atoms with Crippen LogP contribution >= 0.6 is 27.3 Å². The lowest BCUT2D eigenvalue weighted by atomic mass is 10.2. The Balaban J connectivity index is 2.61. The maximum atomic E-state index is 11.8. The van der Waals surface area contributed by atoms with Gasteiger partial charge in [0.25, 0.3) is 5.56 Å². The number of halogens is 1. The van der Waals surface area contributed by atoms with Crippen molar-refractivity contribution in [1.29, 1.82) is 0 Å². The molecule has 86 valence electrons. The van der Waals surface area contributed by atoms with Crippen molar-refractivity contribution in [2.24, 2.45) is 0 Å². The summed E-state index contributed by atoms with van der Waals surface area (Å²) in [6.45, 7) is 0. The summed E-state index contributed by atoms with van der Waals surface area (Å²) in [5, 5.41) is 1.50. The van der Waals surface area contributed by atoms with Gasteiger partial charge in [0, 0.05) is 5.39 Å². The molecule has 0 unspecified atom stereocenters. The average Bonchev–Trinajstić information content (AvgIpc) is 2.68. The van der Waals surface area contributed by atoms with Crippen molar-refractivity contribution >= 4 is 47.6 Å². The number of methoxy groups -OCH3 is 1. The van der Waals surface area contributed by atoms with Gasteiger partial charge in [-0.2, -0.15) is 0 Å². The minimum Gasteiger partial charge on any atom is -0.494 e. The van der Waals surface area contributed by atoms with E-state index in [1.807, 2.05) is 12.1 Å². The first-order valence-corrected chi connectivity index (χ1v) is 6.45. The van der Waals surface area contributed by atoms with Gasteiger partial charge in [0.15, 0.2) is 5.75 Å². The Morgan fingerprint density at radius 3 is 3.06 bits per heavy atom. The fraction of sp³-hybridized carbons (Fsp3) is 0.0909. The van der Waals surface area contributed by atoms with Crippen molar-refractivity contribution in [3.8, 4) is 5.75 Å². The number of H-pyrrole nitrogens is 1. The highest BCUT2D eigenvalue weighted by Crippen LogP contribution is 2.40. The molecule has 0 saturated carbocycles. The van der Waals surface area contributed by atoms with Gasteiger partial charge in [-0.1, -0.05) is 6.07 Å². The van der Waals surface area contributed by atoms with Crippen LogP contribution in [0.15, 0.2) is 27.7 Å². The van der Waals surface area contributed by atoms with Gasteiger partial charge in [-0.15, -0.1) is 11.3 Å². The van der Waals surface area contributed by atoms with Crippen molar-refractivity contribution < 1.29 is 4.74 Å². The molecule has 3 rings (SSSR count). The number of rotatable bonds is 1. The van der Waals surface area contributed by atoms with Gasteiger partial charge in [-0.05, 0) is 22.0 Å². The minimum absolute atomic E-state index is 0.120. The number of nitrogens with one attached hydrogen (secondary N) is 1. The van der Waals surface area contributed by atoms with E-state index in [0.29, 0.717) is 5.39 Å². The second kappa shape index (κ2) is 3.82. The van der Waals surface area contributed by atoms with Gasteiger partial charge >= 0.3 is 0 Å². The molecule has 17 heavy (non-hydrogen) atoms. The standard InChI is InChI=1S/C11H7BrN2O2S/c1-16-8-6(12)3-2-5-7-10(15)13-4-14-11(7)17-9(5)8/h2-4H,1H3,(H,13,14,15). The number of hydrogen-bond donors (Lipinski definition) is 1. The lowest BCUT2D eigenvalue weighted by Gasteiger charge is -2.03. The minimum atomic E-state index is -0.120. The fourth-order valence-electron chi connectivity index (χ4n) is 1.82. The molecule has 2 heterocycles. The van der Waals surface area contributed by atoms with Crippen LogP contribution in [0.2, 0.25) is 0 Å². The largest absolute Gasteiger partial charge is 0.494 e. The van der Waals surface area contributed by atoms with Gasteiger partial charge in [0.05, 0.1) is 28.0 Å². The number of nitrogens with zero attached hydrogens (tertiary/aromatic N) is 1. The monoisotopic (exact) mass is 310 g/mol. The van der Waals surface area contributed by atoms with E-state index in [-0.39, 0.29) is 5.56 Å². The van der Waals surface area contributed by atoms with Gasteiger partial charge in [-0.25, -0.2) is 4.98 Å². The van der Waals surface area contributed by atoms with E-state index in [4.69, 9.17) is 4.74 Å². The number of ether oxygens (including phenoxy) is 1. The molecule has 0 bridgehead atoms. The zero-order chi connectivity index (χ0) is 12.0. The summed E-state index contributed by atoms with van der Waals surface area (Å²) in [7, 11) is 1.61. The number of thiophene rings is 1. The van der Waals surface area contributed by atoms with Crippen molar-refractivity contribution in [1.82, 2.24) is 9.97 Å². The smallest absolute Gasteiger partial charge is 0.260 e. The third kappa shape index (κ3) is 1.48. The Morgan fingerprint density at radius 2 is 2.29 bits per heavy atom. The van der Waals surface area contributed by atoms with Crippen molar-refractivity contribution in [2.45, 2.75) is 0 Å². The predicted octanol–water partition coefficient (Wildman–Crippen LogP) is 2.91. The molecule has 1 N–H and O–H groups in total. The van der Waals surface area contributed by atoms with Crippen molar-refractivity contribution in [2.75, 3.05) is 7.11 Å². The molecule has 0 aliphatic rings. The highest BCUT2D eigenvalue weighted by molar-refractivity contribution is 9.10. The molecule has 0 radical (unpaired) electrons. The van der Waals surface area contributed by atoms with Crippen LogP contribution in [-0.4, -0.2) is 17.1 Å². The quantitative estimate of drug-likeness (QED) is 0.752. The number of aromatic amines is 1. The second-order valence-electron chi connectivity index (χ2n) is 3.47. The predicted molar refractivity (Wildman–Crippen MR) is 72.0 cm³/mol. The number of hydrogen-bond acceptors (Lipinski definition) is 4. The first-order valence-electron chi connectivity index (χ1n) is 4.84. The molecule has 0 fully saturated rings. The van der Waals surface area contributed by atoms with E-state index in [1.165, 1.54) is 17.7 Å². The van der Waals surface area contributed by atoms with Crippen LogP contribution < -0.4 is 10.3 Å². The molecule has 3 aromatic rings. The SMILES string of the molecule is COc1c(Br)ccc2c1sc1nc[nH]c(=O)c12. The molecule has 0 amide bonds. The summed E-state index contributed by atoms with van der Waals surface area (Å²) >= 11 is 4.88. The molecule has 0 saturated heterocycles. The Morgan fingerprint density at radius 1 is 1.47 bits per heavy atom. The van der Waals surface area contributed by atoms with Crippen LogP contribution in [0.3, 0.4) is 0 Å². The Hall–Kier alpha value is -1.40. The lowest BCUT2D eigenvalue weighted by Crippen LogP contribution is -2.04. The van der Waals surface area contributed by atoms with Gasteiger partial charge in [0.1, 0.15) is 4.83 Å². The fourth-order valence-corrected chi connectivity index (χ4v) is 3.62. The first-order chi connectivity index (χ1) is 8.22. The molecule has 0 atom stereocenters. The highest BCUT2D eigenvalue weighted by Gasteiger charge is 2.14. The number of fused-ring (bicyclic) bond motifs is 3. The molecule has 4 nitrogen and oxygen atoms in total. The third-order valence-corrected chi connectivity index (χ3v) is 4.29. The maximum absolute atomic E-state index is 11.8. The summed E-state index contributed by atoms with van der Waals surface area (Å²) in [5.41, 5.74) is -0.120. The Labute approximate surface area is 108 Å². The molecule has 0 aliphatic carbocycles. The second-order valence-corrected chi connectivity index (χ2v) is 5.32. The zero-order valence-electron chi connectivity index (χ0n) is 8.78. The molecule has 6 heteroatoms. The van der Waals surface area contributed by atoms with E-state index in [2.05, 4.69) is 25.9 Å². The lowest BCUT2D eigenvalue weighted by molar-refractivity contribution is 0.418. The van der Waals surface area contributed by atoms with Gasteiger partial charge in [0.2, 0.25) is 0 Å². The highest BCUT2D eigenvalue weighted by atomic mass is 79.9. The molecule has 2 aromatic heterocycles. The normalized spacial score (nSPS) is 11.2. The van der Waals surface area contributed by atoms with Crippen LogP contribution in [0, 0.1) is 0 Å². The van der Waals surface area contributed by atoms with Crippen molar-refractivity contribution in [3.63, 3.8) is 0 Å². The average molecular weight is 311 g/mol. The third-order valence-electron chi connectivity index (χ3n) is 2.55. The van der Waals surface area contributed by atoms with E-state index in [1.54, 1.807) is 7.11 Å². The topological polar surface area (TPSA) is 55.0 Å². The summed E-state index contributed by atoms with van der Waals surface area (Å²) < 4.78 is 7.15. The molecule has 1 aromatic carbocycles. The van der Waals surface area contributed by atoms with Gasteiger partial charge < -0.3 is 9.72 Å². The van der Waals surface area contributed by atoms with Gasteiger partial charge in [-0.3, -0.25) is 4.79 Å². The van der Waals surface area contributed by atoms with Crippen LogP contribution in [0.5, 0.6) is 5.75 Å². The molecular weight excluding hydrogens is 304 g/mol. The van der Waals surface area contributed by atoms with Crippen molar-refractivity contribution in [3.05, 3.63) is 33.3 Å². The number of benzene rings is 1. The zero-order valence-corrected chi connectivity index (χ0v) is 11.2. The summed E-state index contributed by atoms with van der Waals surface area (Å²) in [6.07, 6.45) is 1.42. The van der Waals surface area contributed by atoms with E-state index < -0.39 is 0 Å². The van der Waals surface area contributed by atoms with Crippen LogP contribution in [-0.2, 0) is 0 Å². The number of aromatic nitrogens is 2.